The summed E-state index contributed by atoms with van der Waals surface area (Å²) in [6, 6.07) is 7.63. The van der Waals surface area contributed by atoms with Crippen molar-refractivity contribution in [3.8, 4) is 0 Å². The lowest BCUT2D eigenvalue weighted by Gasteiger charge is -2.29. The Hall–Kier alpha value is -1.16. The Kier molecular flexibility index (Phi) is 3.39. The molecule has 4 heteroatoms. The number of ketones is 1. The molecule has 0 N–H and O–H groups in total. The summed E-state index contributed by atoms with van der Waals surface area (Å²) in [6.45, 7) is 3.13. The van der Waals surface area contributed by atoms with E-state index >= 15 is 0 Å². The van der Waals surface area contributed by atoms with Crippen molar-refractivity contribution in [3.63, 3.8) is 0 Å². The van der Waals surface area contributed by atoms with Crippen molar-refractivity contribution in [2.24, 2.45) is 0 Å². The summed E-state index contributed by atoms with van der Waals surface area (Å²) in [4.78, 5) is 13.6. The molecule has 1 heterocycles. The van der Waals surface area contributed by atoms with Gasteiger partial charge in [0.05, 0.1) is 0 Å². The standard InChI is InChI=1S/C12H15NO2S/c1-10(14)11-4-2-3-5-12(11)13-6-8-16(15)9-7-13/h2-5H,6-9H2,1H3. The van der Waals surface area contributed by atoms with Crippen molar-refractivity contribution in [2.45, 2.75) is 6.92 Å². The summed E-state index contributed by atoms with van der Waals surface area (Å²) in [6.07, 6.45) is 0. The summed E-state index contributed by atoms with van der Waals surface area (Å²) in [5.74, 6) is 1.49. The van der Waals surface area contributed by atoms with Gasteiger partial charge in [-0.15, -0.1) is 0 Å². The molecule has 2 rings (SSSR count). The van der Waals surface area contributed by atoms with Gasteiger partial charge in [-0.3, -0.25) is 9.00 Å². The SMILES string of the molecule is CC(=O)c1ccccc1N1CCS(=O)CC1. The van der Waals surface area contributed by atoms with Crippen LogP contribution in [0.1, 0.15) is 17.3 Å². The van der Waals surface area contributed by atoms with Crippen LogP contribution in [0.2, 0.25) is 0 Å². The average Bonchev–Trinajstić information content (AvgIpc) is 2.30. The third-order valence-corrected chi connectivity index (χ3v) is 4.08. The molecule has 1 saturated heterocycles. The van der Waals surface area contributed by atoms with Crippen LogP contribution in [0.3, 0.4) is 0 Å². The molecule has 16 heavy (non-hydrogen) atoms. The van der Waals surface area contributed by atoms with Crippen LogP contribution < -0.4 is 4.90 Å². The smallest absolute Gasteiger partial charge is 0.161 e. The molecule has 0 atom stereocenters. The van der Waals surface area contributed by atoms with Crippen molar-refractivity contribution in [2.75, 3.05) is 29.5 Å². The zero-order valence-corrected chi connectivity index (χ0v) is 10.1. The number of benzene rings is 1. The normalized spacial score (nSPS) is 17.4. The van der Waals surface area contributed by atoms with Gasteiger partial charge in [0.15, 0.2) is 5.78 Å². The van der Waals surface area contributed by atoms with E-state index < -0.39 is 10.8 Å². The molecule has 1 aliphatic heterocycles. The van der Waals surface area contributed by atoms with E-state index in [2.05, 4.69) is 4.90 Å². The quantitative estimate of drug-likeness (QED) is 0.731. The van der Waals surface area contributed by atoms with Crippen LogP contribution in [0, 0.1) is 0 Å². The fraction of sp³-hybridized carbons (Fsp3) is 0.417. The van der Waals surface area contributed by atoms with Gasteiger partial charge in [-0.25, -0.2) is 0 Å². The Bertz CT molecular complexity index is 421. The largest absolute Gasteiger partial charge is 0.369 e. The molecule has 1 aliphatic rings. The molecule has 3 nitrogen and oxygen atoms in total. The Morgan fingerprint density at radius 2 is 1.88 bits per heavy atom. The number of hydrogen-bond acceptors (Lipinski definition) is 3. The van der Waals surface area contributed by atoms with Gasteiger partial charge in [0.2, 0.25) is 0 Å². The molecule has 0 aromatic heterocycles. The first-order valence-corrected chi connectivity index (χ1v) is 6.87. The summed E-state index contributed by atoms with van der Waals surface area (Å²) >= 11 is 0. The van der Waals surface area contributed by atoms with Crippen LogP contribution in [0.15, 0.2) is 24.3 Å². The van der Waals surface area contributed by atoms with Gasteiger partial charge in [0.25, 0.3) is 0 Å². The van der Waals surface area contributed by atoms with Crippen molar-refractivity contribution in [1.29, 1.82) is 0 Å². The second kappa shape index (κ2) is 4.78. The number of para-hydroxylation sites is 1. The first-order chi connectivity index (χ1) is 7.68. The number of carbonyl (C=O) groups is 1. The molecular weight excluding hydrogens is 222 g/mol. The van der Waals surface area contributed by atoms with Crippen LogP contribution in [-0.2, 0) is 10.8 Å². The van der Waals surface area contributed by atoms with Crippen LogP contribution in [0.4, 0.5) is 5.69 Å². The van der Waals surface area contributed by atoms with Crippen LogP contribution >= 0.6 is 0 Å². The third kappa shape index (κ3) is 2.32. The van der Waals surface area contributed by atoms with E-state index in [4.69, 9.17) is 0 Å². The van der Waals surface area contributed by atoms with Crippen LogP contribution in [0.25, 0.3) is 0 Å². The summed E-state index contributed by atoms with van der Waals surface area (Å²) in [5, 5.41) is 0. The molecule has 0 unspecified atom stereocenters. The number of nitrogens with zero attached hydrogens (tertiary/aromatic N) is 1. The minimum Gasteiger partial charge on any atom is -0.369 e. The highest BCUT2D eigenvalue weighted by Crippen LogP contribution is 2.22. The molecule has 86 valence electrons. The van der Waals surface area contributed by atoms with Crippen molar-refractivity contribution in [1.82, 2.24) is 0 Å². The third-order valence-electron chi connectivity index (χ3n) is 2.80. The van der Waals surface area contributed by atoms with E-state index in [1.54, 1.807) is 6.92 Å². The first kappa shape index (κ1) is 11.3. The number of hydrogen-bond donors (Lipinski definition) is 0. The number of rotatable bonds is 2. The van der Waals surface area contributed by atoms with Crippen LogP contribution in [0.5, 0.6) is 0 Å². The molecule has 0 radical (unpaired) electrons. The topological polar surface area (TPSA) is 37.4 Å². The first-order valence-electron chi connectivity index (χ1n) is 5.38. The predicted molar refractivity (Wildman–Crippen MR) is 66.5 cm³/mol. The second-order valence-electron chi connectivity index (χ2n) is 3.91. The molecule has 1 fully saturated rings. The molecule has 0 bridgehead atoms. The van der Waals surface area contributed by atoms with Crippen molar-refractivity contribution < 1.29 is 9.00 Å². The molecule has 0 spiro atoms. The van der Waals surface area contributed by atoms with Gasteiger partial charge in [0.1, 0.15) is 0 Å². The monoisotopic (exact) mass is 237 g/mol. The van der Waals surface area contributed by atoms with Crippen LogP contribution in [-0.4, -0.2) is 34.6 Å². The van der Waals surface area contributed by atoms with E-state index in [0.29, 0.717) is 11.5 Å². The second-order valence-corrected chi connectivity index (χ2v) is 5.60. The maximum atomic E-state index is 11.5. The minimum absolute atomic E-state index is 0.0855. The average molecular weight is 237 g/mol. The van der Waals surface area contributed by atoms with E-state index in [0.717, 1.165) is 24.3 Å². The fourth-order valence-electron chi connectivity index (χ4n) is 1.93. The van der Waals surface area contributed by atoms with E-state index in [1.165, 1.54) is 0 Å². The van der Waals surface area contributed by atoms with Gasteiger partial charge in [-0.2, -0.15) is 0 Å². The number of Topliss-reactive ketones (excluding diaryl/α,β-unsaturated/α-hetero) is 1. The summed E-state index contributed by atoms with van der Waals surface area (Å²) in [7, 11) is -0.679. The van der Waals surface area contributed by atoms with Gasteiger partial charge < -0.3 is 4.90 Å². The Morgan fingerprint density at radius 1 is 1.25 bits per heavy atom. The molecule has 1 aromatic carbocycles. The maximum absolute atomic E-state index is 11.5. The summed E-state index contributed by atoms with van der Waals surface area (Å²) < 4.78 is 11.3. The lowest BCUT2D eigenvalue weighted by Crippen LogP contribution is -2.38. The Morgan fingerprint density at radius 3 is 2.50 bits per heavy atom. The minimum atomic E-state index is -0.679. The van der Waals surface area contributed by atoms with Gasteiger partial charge in [-0.1, -0.05) is 12.1 Å². The highest BCUT2D eigenvalue weighted by atomic mass is 32.2. The molecule has 0 amide bonds. The molecule has 1 aromatic rings. The van der Waals surface area contributed by atoms with Crippen molar-refractivity contribution >= 4 is 22.3 Å². The predicted octanol–water partition coefficient (Wildman–Crippen LogP) is 1.46. The lowest BCUT2D eigenvalue weighted by atomic mass is 10.1. The van der Waals surface area contributed by atoms with E-state index in [-0.39, 0.29) is 5.78 Å². The fourth-order valence-corrected chi connectivity index (χ4v) is 2.98. The highest BCUT2D eigenvalue weighted by Gasteiger charge is 2.18. The van der Waals surface area contributed by atoms with Crippen molar-refractivity contribution in [3.05, 3.63) is 29.8 Å². The summed E-state index contributed by atoms with van der Waals surface area (Å²) in [5.41, 5.74) is 1.74. The number of carbonyl (C=O) groups excluding carboxylic acids is 1. The zero-order chi connectivity index (χ0) is 11.5. The Labute approximate surface area is 97.9 Å². The zero-order valence-electron chi connectivity index (χ0n) is 9.31. The molecule has 0 aliphatic carbocycles. The van der Waals surface area contributed by atoms with E-state index in [1.807, 2.05) is 24.3 Å². The maximum Gasteiger partial charge on any atom is 0.161 e. The van der Waals surface area contributed by atoms with Gasteiger partial charge in [-0.05, 0) is 19.1 Å². The Balaban J connectivity index is 2.26. The van der Waals surface area contributed by atoms with Gasteiger partial charge >= 0.3 is 0 Å². The number of anilines is 1. The lowest BCUT2D eigenvalue weighted by molar-refractivity contribution is 0.101. The molecular formula is C12H15NO2S. The van der Waals surface area contributed by atoms with Gasteiger partial charge in [0, 0.05) is 46.6 Å². The molecule has 0 saturated carbocycles. The van der Waals surface area contributed by atoms with E-state index in [9.17, 15) is 9.00 Å². The highest BCUT2D eigenvalue weighted by molar-refractivity contribution is 7.85.